The van der Waals surface area contributed by atoms with Gasteiger partial charge in [-0.05, 0) is 55.0 Å². The van der Waals surface area contributed by atoms with Crippen LogP contribution in [-0.2, 0) is 10.2 Å². The molecule has 148 valence electrons. The first-order valence-electron chi connectivity index (χ1n) is 9.58. The van der Waals surface area contributed by atoms with Gasteiger partial charge in [-0.3, -0.25) is 4.79 Å². The Balaban J connectivity index is 1.81. The minimum atomic E-state index is -0.440. The van der Waals surface area contributed by atoms with E-state index in [1.165, 1.54) is 5.56 Å². The Bertz CT molecular complexity index is 1010. The van der Waals surface area contributed by atoms with Crippen molar-refractivity contribution in [1.29, 1.82) is 5.26 Å². The molecule has 1 N–H and O–H groups in total. The molecule has 0 spiro atoms. The average molecular weight is 387 g/mol. The predicted octanol–water partition coefficient (Wildman–Crippen LogP) is 4.79. The number of rotatable bonds is 5. The van der Waals surface area contributed by atoms with Gasteiger partial charge in [-0.15, -0.1) is 0 Å². The number of anilines is 2. The molecule has 0 aliphatic carbocycles. The van der Waals surface area contributed by atoms with Crippen LogP contribution in [0.1, 0.15) is 26.3 Å². The maximum absolute atomic E-state index is 12.5. The zero-order valence-electron chi connectivity index (χ0n) is 17.2. The second-order valence-electron chi connectivity index (χ2n) is 7.36. The number of allylic oxidation sites excluding steroid dienone is 3. The molecule has 5 heteroatoms. The number of ether oxygens (including phenoxy) is 1. The Kier molecular flexibility index (Phi) is 5.74. The van der Waals surface area contributed by atoms with E-state index in [9.17, 15) is 10.1 Å². The van der Waals surface area contributed by atoms with E-state index in [-0.39, 0.29) is 11.0 Å². The summed E-state index contributed by atoms with van der Waals surface area (Å²) in [6, 6.07) is 17.3. The van der Waals surface area contributed by atoms with Gasteiger partial charge < -0.3 is 15.0 Å². The van der Waals surface area contributed by atoms with Crippen LogP contribution in [-0.4, -0.2) is 19.6 Å². The van der Waals surface area contributed by atoms with Crippen molar-refractivity contribution >= 4 is 17.3 Å². The first-order chi connectivity index (χ1) is 13.9. The van der Waals surface area contributed by atoms with Crippen LogP contribution in [0.25, 0.3) is 0 Å². The van der Waals surface area contributed by atoms with E-state index < -0.39 is 5.91 Å². The number of para-hydroxylation sites is 1. The number of amides is 1. The molecule has 0 bridgehead atoms. The summed E-state index contributed by atoms with van der Waals surface area (Å²) in [7, 11) is 2.00. The van der Waals surface area contributed by atoms with Crippen molar-refractivity contribution < 1.29 is 9.53 Å². The molecule has 5 nitrogen and oxygen atoms in total. The van der Waals surface area contributed by atoms with Gasteiger partial charge in [-0.1, -0.05) is 32.0 Å². The van der Waals surface area contributed by atoms with E-state index in [0.717, 1.165) is 17.1 Å². The van der Waals surface area contributed by atoms with Crippen LogP contribution < -0.4 is 15.0 Å². The number of benzene rings is 2. The lowest BCUT2D eigenvalue weighted by Crippen LogP contribution is -2.22. The van der Waals surface area contributed by atoms with Gasteiger partial charge in [0.05, 0.1) is 6.61 Å². The van der Waals surface area contributed by atoms with Gasteiger partial charge in [0, 0.05) is 29.5 Å². The van der Waals surface area contributed by atoms with Crippen molar-refractivity contribution in [1.82, 2.24) is 0 Å². The lowest BCUT2D eigenvalue weighted by Gasteiger charge is -2.23. The Morgan fingerprint density at radius 2 is 1.90 bits per heavy atom. The van der Waals surface area contributed by atoms with Gasteiger partial charge in [0.15, 0.2) is 0 Å². The predicted molar refractivity (Wildman–Crippen MR) is 116 cm³/mol. The van der Waals surface area contributed by atoms with Crippen molar-refractivity contribution in [3.05, 3.63) is 77.5 Å². The van der Waals surface area contributed by atoms with Crippen molar-refractivity contribution in [2.75, 3.05) is 23.9 Å². The van der Waals surface area contributed by atoms with E-state index >= 15 is 0 Å². The smallest absolute Gasteiger partial charge is 0.266 e. The van der Waals surface area contributed by atoms with Gasteiger partial charge in [-0.2, -0.15) is 5.26 Å². The highest BCUT2D eigenvalue weighted by Crippen LogP contribution is 2.46. The second-order valence-corrected chi connectivity index (χ2v) is 7.36. The number of likely N-dealkylation sites (N-methyl/N-ethyl adjacent to an activating group) is 1. The minimum absolute atomic E-state index is 0.0477. The number of carbonyl (C=O) groups is 1. The number of carbonyl (C=O) groups excluding carboxylic acids is 1. The van der Waals surface area contributed by atoms with Crippen LogP contribution in [0, 0.1) is 11.3 Å². The fourth-order valence-electron chi connectivity index (χ4n) is 3.63. The molecule has 3 rings (SSSR count). The van der Waals surface area contributed by atoms with Crippen LogP contribution in [0.5, 0.6) is 5.75 Å². The standard InChI is InChI=1S/C24H25N3O2/c1-5-29-19-13-11-18(12-14-19)26-23(28)17(16-25)10-15-22-24(2,3)20-8-6-7-9-21(20)27(22)4/h6-15H,5H2,1-4H3,(H,26,28). The molecule has 0 aromatic heterocycles. The largest absolute Gasteiger partial charge is 0.494 e. The zero-order valence-corrected chi connectivity index (χ0v) is 17.2. The highest BCUT2D eigenvalue weighted by atomic mass is 16.5. The van der Waals surface area contributed by atoms with Crippen molar-refractivity contribution in [3.8, 4) is 11.8 Å². The van der Waals surface area contributed by atoms with E-state index in [4.69, 9.17) is 4.74 Å². The zero-order chi connectivity index (χ0) is 21.0. The molecular formula is C24H25N3O2. The topological polar surface area (TPSA) is 65.4 Å². The number of hydrogen-bond donors (Lipinski definition) is 1. The van der Waals surface area contributed by atoms with Gasteiger partial charge in [0.1, 0.15) is 17.4 Å². The summed E-state index contributed by atoms with van der Waals surface area (Å²) in [6.45, 7) is 6.77. The average Bonchev–Trinajstić information content (AvgIpc) is 2.91. The van der Waals surface area contributed by atoms with Crippen molar-refractivity contribution in [3.63, 3.8) is 0 Å². The molecule has 2 aromatic carbocycles. The first-order valence-corrected chi connectivity index (χ1v) is 9.58. The molecule has 0 atom stereocenters. The number of nitriles is 1. The van der Waals surface area contributed by atoms with Crippen LogP contribution in [0.15, 0.2) is 72.0 Å². The third kappa shape index (κ3) is 4.02. The summed E-state index contributed by atoms with van der Waals surface area (Å²) in [5, 5.41) is 12.2. The lowest BCUT2D eigenvalue weighted by molar-refractivity contribution is -0.112. The van der Waals surface area contributed by atoms with Crippen LogP contribution in [0.3, 0.4) is 0 Å². The monoisotopic (exact) mass is 387 g/mol. The molecule has 0 unspecified atom stereocenters. The minimum Gasteiger partial charge on any atom is -0.494 e. The van der Waals surface area contributed by atoms with E-state index in [1.54, 1.807) is 30.3 Å². The fourth-order valence-corrected chi connectivity index (χ4v) is 3.63. The van der Waals surface area contributed by atoms with E-state index in [1.807, 2.05) is 38.2 Å². The number of nitrogens with one attached hydrogen (secondary N) is 1. The molecule has 0 radical (unpaired) electrons. The summed E-state index contributed by atoms with van der Waals surface area (Å²) >= 11 is 0. The third-order valence-corrected chi connectivity index (χ3v) is 5.14. The summed E-state index contributed by atoms with van der Waals surface area (Å²) in [5.74, 6) is 0.293. The molecule has 1 amide bonds. The first kappa shape index (κ1) is 20.2. The molecule has 1 heterocycles. The number of fused-ring (bicyclic) bond motifs is 1. The van der Waals surface area contributed by atoms with Crippen LogP contribution in [0.4, 0.5) is 11.4 Å². The van der Waals surface area contributed by atoms with Crippen molar-refractivity contribution in [2.45, 2.75) is 26.2 Å². The molecule has 1 aliphatic heterocycles. The van der Waals surface area contributed by atoms with Crippen molar-refractivity contribution in [2.24, 2.45) is 0 Å². The molecule has 0 saturated heterocycles. The van der Waals surface area contributed by atoms with Crippen LogP contribution in [0.2, 0.25) is 0 Å². The molecule has 1 aliphatic rings. The molecular weight excluding hydrogens is 362 g/mol. The maximum Gasteiger partial charge on any atom is 0.266 e. The fraction of sp³-hybridized carbons (Fsp3) is 0.250. The quantitative estimate of drug-likeness (QED) is 0.592. The van der Waals surface area contributed by atoms with Gasteiger partial charge >= 0.3 is 0 Å². The Morgan fingerprint density at radius 3 is 2.52 bits per heavy atom. The lowest BCUT2D eigenvalue weighted by atomic mass is 9.83. The normalized spacial score (nSPS) is 16.3. The highest BCUT2D eigenvalue weighted by molar-refractivity contribution is 6.06. The number of hydrogen-bond acceptors (Lipinski definition) is 4. The molecule has 0 saturated carbocycles. The number of nitrogens with zero attached hydrogens (tertiary/aromatic N) is 2. The molecule has 2 aromatic rings. The Morgan fingerprint density at radius 1 is 1.21 bits per heavy atom. The van der Waals surface area contributed by atoms with E-state index in [0.29, 0.717) is 12.3 Å². The van der Waals surface area contributed by atoms with Gasteiger partial charge in [0.2, 0.25) is 0 Å². The second kappa shape index (κ2) is 8.24. The molecule has 29 heavy (non-hydrogen) atoms. The summed E-state index contributed by atoms with van der Waals surface area (Å²) in [6.07, 6.45) is 3.44. The van der Waals surface area contributed by atoms with E-state index in [2.05, 4.69) is 36.2 Å². The third-order valence-electron chi connectivity index (χ3n) is 5.14. The summed E-state index contributed by atoms with van der Waals surface area (Å²) < 4.78 is 5.40. The Labute approximate surface area is 171 Å². The Hall–Kier alpha value is -3.52. The summed E-state index contributed by atoms with van der Waals surface area (Å²) in [4.78, 5) is 14.6. The molecule has 0 fully saturated rings. The highest BCUT2D eigenvalue weighted by Gasteiger charge is 2.37. The SMILES string of the molecule is CCOc1ccc(NC(=O)C(C#N)=CC=C2N(C)c3ccccc3C2(C)C)cc1. The summed E-state index contributed by atoms with van der Waals surface area (Å²) in [5.41, 5.74) is 3.83. The van der Waals surface area contributed by atoms with Gasteiger partial charge in [0.25, 0.3) is 5.91 Å². The van der Waals surface area contributed by atoms with Crippen LogP contribution >= 0.6 is 0 Å². The maximum atomic E-state index is 12.5. The van der Waals surface area contributed by atoms with Gasteiger partial charge in [-0.25, -0.2) is 0 Å².